The highest BCUT2D eigenvalue weighted by molar-refractivity contribution is 5.41. The molecule has 2 aromatic carbocycles. The summed E-state index contributed by atoms with van der Waals surface area (Å²) in [4.78, 5) is 0. The first kappa shape index (κ1) is 15.7. The van der Waals surface area contributed by atoms with Crippen molar-refractivity contribution < 1.29 is 14.6 Å². The van der Waals surface area contributed by atoms with Crippen molar-refractivity contribution in [1.29, 1.82) is 0 Å². The van der Waals surface area contributed by atoms with Crippen LogP contribution in [-0.4, -0.2) is 19.3 Å². The van der Waals surface area contributed by atoms with E-state index in [1.807, 2.05) is 54.6 Å². The van der Waals surface area contributed by atoms with Crippen LogP contribution < -0.4 is 0 Å². The molecule has 2 aromatic rings. The van der Waals surface area contributed by atoms with Gasteiger partial charge in [-0.2, -0.15) is 0 Å². The Hall–Kier alpha value is -1.68. The summed E-state index contributed by atoms with van der Waals surface area (Å²) in [6.07, 6.45) is 0. The van der Waals surface area contributed by atoms with Gasteiger partial charge in [-0.25, -0.2) is 0 Å². The molecule has 0 fully saturated rings. The number of rotatable bonds is 5. The van der Waals surface area contributed by atoms with E-state index >= 15 is 0 Å². The number of hydrogen-bond acceptors (Lipinski definition) is 3. The van der Waals surface area contributed by atoms with E-state index in [0.717, 1.165) is 16.7 Å². The molecule has 0 spiro atoms. The van der Waals surface area contributed by atoms with Crippen molar-refractivity contribution in [1.82, 2.24) is 0 Å². The number of aliphatic hydroxyl groups is 1. The Balaban J connectivity index is 2.71. The van der Waals surface area contributed by atoms with Crippen molar-refractivity contribution in [3.05, 3.63) is 71.3 Å². The Kier molecular flexibility index (Phi) is 4.47. The van der Waals surface area contributed by atoms with Gasteiger partial charge in [0.05, 0.1) is 5.60 Å². The molecule has 0 aliphatic rings. The second kappa shape index (κ2) is 5.98. The molecule has 0 amide bonds. The van der Waals surface area contributed by atoms with E-state index in [1.165, 1.54) is 0 Å². The van der Waals surface area contributed by atoms with Crippen molar-refractivity contribution in [3.8, 4) is 0 Å². The van der Waals surface area contributed by atoms with E-state index < -0.39 is 11.4 Å². The van der Waals surface area contributed by atoms with Crippen LogP contribution in [0, 0.1) is 0 Å². The van der Waals surface area contributed by atoms with Crippen molar-refractivity contribution in [2.45, 2.75) is 25.2 Å². The molecule has 0 bridgehead atoms. The topological polar surface area (TPSA) is 38.7 Å². The van der Waals surface area contributed by atoms with E-state index in [9.17, 15) is 5.11 Å². The first-order valence-electron chi connectivity index (χ1n) is 6.94. The fraction of sp³-hybridized carbons (Fsp3) is 0.333. The molecule has 2 rings (SSSR count). The molecule has 0 aliphatic heterocycles. The van der Waals surface area contributed by atoms with Gasteiger partial charge in [-0.05, 0) is 19.4 Å². The van der Waals surface area contributed by atoms with E-state index in [-0.39, 0.29) is 0 Å². The lowest BCUT2D eigenvalue weighted by molar-refractivity contribution is -0.185. The fourth-order valence-corrected chi connectivity index (χ4v) is 2.66. The SMILES string of the molecule is COC(OC)(c1ccccc1)c1ccccc1C(C)(C)O. The van der Waals surface area contributed by atoms with E-state index in [2.05, 4.69) is 0 Å². The summed E-state index contributed by atoms with van der Waals surface area (Å²) in [6, 6.07) is 17.4. The average molecular weight is 286 g/mol. The minimum atomic E-state index is -1.04. The van der Waals surface area contributed by atoms with Gasteiger partial charge in [0.2, 0.25) is 5.79 Å². The first-order valence-corrected chi connectivity index (χ1v) is 6.94. The van der Waals surface area contributed by atoms with Gasteiger partial charge in [0, 0.05) is 25.3 Å². The van der Waals surface area contributed by atoms with Gasteiger partial charge in [-0.3, -0.25) is 0 Å². The van der Waals surface area contributed by atoms with Gasteiger partial charge < -0.3 is 14.6 Å². The summed E-state index contributed by atoms with van der Waals surface area (Å²) in [7, 11) is 3.22. The van der Waals surface area contributed by atoms with Crippen molar-refractivity contribution in [3.63, 3.8) is 0 Å². The maximum atomic E-state index is 10.5. The van der Waals surface area contributed by atoms with Crippen LogP contribution in [0.15, 0.2) is 54.6 Å². The van der Waals surface area contributed by atoms with Crippen molar-refractivity contribution >= 4 is 0 Å². The number of hydrogen-bond donors (Lipinski definition) is 1. The highest BCUT2D eigenvalue weighted by Crippen LogP contribution is 2.39. The van der Waals surface area contributed by atoms with Gasteiger partial charge in [0.15, 0.2) is 0 Å². The average Bonchev–Trinajstić information content (AvgIpc) is 2.50. The zero-order valence-corrected chi connectivity index (χ0v) is 13.0. The monoisotopic (exact) mass is 286 g/mol. The molecule has 3 heteroatoms. The minimum absolute atomic E-state index is 0.776. The molecule has 0 aliphatic carbocycles. The second-order valence-corrected chi connectivity index (χ2v) is 5.50. The largest absolute Gasteiger partial charge is 0.386 e. The molecule has 0 heterocycles. The predicted molar refractivity (Wildman–Crippen MR) is 82.9 cm³/mol. The van der Waals surface area contributed by atoms with Crippen LogP contribution in [0.4, 0.5) is 0 Å². The van der Waals surface area contributed by atoms with Crippen LogP contribution in [0.3, 0.4) is 0 Å². The third kappa shape index (κ3) is 2.86. The lowest BCUT2D eigenvalue weighted by Crippen LogP contribution is -2.35. The molecule has 0 unspecified atom stereocenters. The van der Waals surface area contributed by atoms with Crippen LogP contribution in [-0.2, 0) is 20.9 Å². The normalized spacial score (nSPS) is 12.4. The van der Waals surface area contributed by atoms with Gasteiger partial charge in [-0.1, -0.05) is 54.6 Å². The number of methoxy groups -OCH3 is 2. The molecule has 0 atom stereocenters. The summed E-state index contributed by atoms with van der Waals surface area (Å²) in [6.45, 7) is 3.51. The summed E-state index contributed by atoms with van der Waals surface area (Å²) in [5.41, 5.74) is 1.46. The highest BCUT2D eigenvalue weighted by Gasteiger charge is 2.38. The molecule has 1 N–H and O–H groups in total. The molecule has 21 heavy (non-hydrogen) atoms. The summed E-state index contributed by atoms with van der Waals surface area (Å²) >= 11 is 0. The molecule has 0 aromatic heterocycles. The molecule has 0 saturated carbocycles. The Labute approximate surface area is 126 Å². The van der Waals surface area contributed by atoms with Crippen LogP contribution in [0.1, 0.15) is 30.5 Å². The van der Waals surface area contributed by atoms with Crippen LogP contribution in [0.2, 0.25) is 0 Å². The first-order chi connectivity index (χ1) is 9.95. The number of benzene rings is 2. The Morgan fingerprint density at radius 3 is 1.71 bits per heavy atom. The molecule has 0 saturated heterocycles. The third-order valence-electron chi connectivity index (χ3n) is 3.67. The van der Waals surface area contributed by atoms with Crippen LogP contribution in [0.25, 0.3) is 0 Å². The van der Waals surface area contributed by atoms with E-state index in [0.29, 0.717) is 0 Å². The standard InChI is InChI=1S/C18H22O3/c1-17(2,19)15-12-8-9-13-16(15)18(20-3,21-4)14-10-6-5-7-11-14/h5-13,19H,1-4H3. The fourth-order valence-electron chi connectivity index (χ4n) is 2.66. The minimum Gasteiger partial charge on any atom is -0.386 e. The Morgan fingerprint density at radius 1 is 0.762 bits per heavy atom. The zero-order valence-electron chi connectivity index (χ0n) is 13.0. The molecule has 0 radical (unpaired) electrons. The van der Waals surface area contributed by atoms with Gasteiger partial charge in [0.1, 0.15) is 0 Å². The summed E-state index contributed by atoms with van der Waals surface area (Å²) in [5, 5.41) is 10.5. The molecular formula is C18H22O3. The smallest absolute Gasteiger partial charge is 0.222 e. The highest BCUT2D eigenvalue weighted by atomic mass is 16.7. The molecular weight excluding hydrogens is 264 g/mol. The molecule has 112 valence electrons. The second-order valence-electron chi connectivity index (χ2n) is 5.50. The molecule has 3 nitrogen and oxygen atoms in total. The van der Waals surface area contributed by atoms with Gasteiger partial charge in [-0.15, -0.1) is 0 Å². The van der Waals surface area contributed by atoms with Gasteiger partial charge in [0.25, 0.3) is 0 Å². The summed E-state index contributed by atoms with van der Waals surface area (Å²) in [5.74, 6) is -1.04. The predicted octanol–water partition coefficient (Wildman–Crippen LogP) is 3.41. The maximum absolute atomic E-state index is 10.5. The van der Waals surface area contributed by atoms with Crippen molar-refractivity contribution in [2.75, 3.05) is 14.2 Å². The maximum Gasteiger partial charge on any atom is 0.222 e. The van der Waals surface area contributed by atoms with Gasteiger partial charge >= 0.3 is 0 Å². The lowest BCUT2D eigenvalue weighted by atomic mass is 9.86. The Bertz CT molecular complexity index is 581. The van der Waals surface area contributed by atoms with Crippen molar-refractivity contribution in [2.24, 2.45) is 0 Å². The van der Waals surface area contributed by atoms with E-state index in [1.54, 1.807) is 28.1 Å². The number of ether oxygens (including phenoxy) is 2. The quantitative estimate of drug-likeness (QED) is 0.856. The zero-order chi connectivity index (χ0) is 15.5. The van der Waals surface area contributed by atoms with Crippen LogP contribution in [0.5, 0.6) is 0 Å². The summed E-state index contributed by atoms with van der Waals surface area (Å²) < 4.78 is 11.5. The Morgan fingerprint density at radius 2 is 1.24 bits per heavy atom. The third-order valence-corrected chi connectivity index (χ3v) is 3.67. The van der Waals surface area contributed by atoms with E-state index in [4.69, 9.17) is 9.47 Å². The van der Waals surface area contributed by atoms with Crippen LogP contribution >= 0.6 is 0 Å². The lowest BCUT2D eigenvalue weighted by Gasteiger charge is -2.35.